The highest BCUT2D eigenvalue weighted by Crippen LogP contribution is 1.92. The lowest BCUT2D eigenvalue weighted by atomic mass is 10.3. The molecule has 0 aliphatic rings. The summed E-state index contributed by atoms with van der Waals surface area (Å²) in [4.78, 5) is 0. The fraction of sp³-hybridized carbons (Fsp3) is 1.00. The summed E-state index contributed by atoms with van der Waals surface area (Å²) in [6.07, 6.45) is 1.57. The predicted octanol–water partition coefficient (Wildman–Crippen LogP) is 3.87. The number of hydrogen-bond donors (Lipinski definition) is 0. The lowest BCUT2D eigenvalue weighted by Crippen LogP contribution is -2.04. The molecular formula is C10H26O. The highest BCUT2D eigenvalue weighted by Gasteiger charge is 1.91. The van der Waals surface area contributed by atoms with Crippen LogP contribution in [-0.4, -0.2) is 12.7 Å². The van der Waals surface area contributed by atoms with Gasteiger partial charge in [-0.15, -0.1) is 0 Å². The fourth-order valence-electron chi connectivity index (χ4n) is 0.402. The van der Waals surface area contributed by atoms with E-state index in [0.717, 1.165) is 13.0 Å². The number of rotatable bonds is 3. The molecule has 1 heteroatoms. The Morgan fingerprint density at radius 1 is 1.00 bits per heavy atom. The molecule has 11 heavy (non-hydrogen) atoms. The Kier molecular flexibility index (Phi) is 35.1. The summed E-state index contributed by atoms with van der Waals surface area (Å²) in [7, 11) is 0. The molecule has 0 aromatic heterocycles. The molecule has 1 nitrogen and oxygen atoms in total. The van der Waals surface area contributed by atoms with E-state index in [1.54, 1.807) is 0 Å². The first-order valence-electron chi connectivity index (χ1n) is 4.92. The molecule has 0 amide bonds. The van der Waals surface area contributed by atoms with Crippen molar-refractivity contribution >= 4 is 0 Å². The SMILES string of the molecule is CC.CC.CCOC(C)CC. The van der Waals surface area contributed by atoms with E-state index in [-0.39, 0.29) is 0 Å². The molecule has 0 aromatic rings. The van der Waals surface area contributed by atoms with Gasteiger partial charge in [-0.1, -0.05) is 34.6 Å². The van der Waals surface area contributed by atoms with E-state index in [2.05, 4.69) is 13.8 Å². The maximum absolute atomic E-state index is 5.19. The third-order valence-corrected chi connectivity index (χ3v) is 1.03. The van der Waals surface area contributed by atoms with Crippen LogP contribution in [0, 0.1) is 0 Å². The van der Waals surface area contributed by atoms with Crippen LogP contribution in [0.3, 0.4) is 0 Å². The topological polar surface area (TPSA) is 9.23 Å². The molecule has 0 spiro atoms. The Morgan fingerprint density at radius 3 is 1.45 bits per heavy atom. The summed E-state index contributed by atoms with van der Waals surface area (Å²) in [6, 6.07) is 0. The van der Waals surface area contributed by atoms with Crippen molar-refractivity contribution in [1.82, 2.24) is 0 Å². The van der Waals surface area contributed by atoms with E-state index in [9.17, 15) is 0 Å². The third-order valence-electron chi connectivity index (χ3n) is 1.03. The lowest BCUT2D eigenvalue weighted by molar-refractivity contribution is 0.0739. The molecule has 0 saturated carbocycles. The van der Waals surface area contributed by atoms with Crippen LogP contribution in [0.15, 0.2) is 0 Å². The Hall–Kier alpha value is -0.0400. The van der Waals surface area contributed by atoms with Crippen LogP contribution in [0.25, 0.3) is 0 Å². The van der Waals surface area contributed by atoms with Gasteiger partial charge in [0.2, 0.25) is 0 Å². The minimum atomic E-state index is 0.449. The third kappa shape index (κ3) is 25.7. The molecule has 0 aliphatic heterocycles. The van der Waals surface area contributed by atoms with Gasteiger partial charge in [0, 0.05) is 6.61 Å². The van der Waals surface area contributed by atoms with Crippen LogP contribution in [0.2, 0.25) is 0 Å². The summed E-state index contributed by atoms with van der Waals surface area (Å²) in [5, 5.41) is 0. The van der Waals surface area contributed by atoms with Crippen molar-refractivity contribution in [2.75, 3.05) is 6.61 Å². The summed E-state index contributed by atoms with van der Waals surface area (Å²) < 4.78 is 5.19. The van der Waals surface area contributed by atoms with E-state index < -0.39 is 0 Å². The second-order valence-electron chi connectivity index (χ2n) is 1.67. The monoisotopic (exact) mass is 162 g/mol. The largest absolute Gasteiger partial charge is 0.379 e. The van der Waals surface area contributed by atoms with Crippen LogP contribution in [0.1, 0.15) is 54.9 Å². The Labute approximate surface area is 73.1 Å². The van der Waals surface area contributed by atoms with Crippen LogP contribution >= 0.6 is 0 Å². The van der Waals surface area contributed by atoms with Gasteiger partial charge in [-0.2, -0.15) is 0 Å². The van der Waals surface area contributed by atoms with Crippen molar-refractivity contribution < 1.29 is 4.74 Å². The average Bonchev–Trinajstić information content (AvgIpc) is 2.12. The van der Waals surface area contributed by atoms with Crippen molar-refractivity contribution in [3.05, 3.63) is 0 Å². The molecule has 0 fully saturated rings. The minimum Gasteiger partial charge on any atom is -0.379 e. The Balaban J connectivity index is -0.000000138. The molecular weight excluding hydrogens is 136 g/mol. The van der Waals surface area contributed by atoms with Gasteiger partial charge in [0.25, 0.3) is 0 Å². The average molecular weight is 162 g/mol. The maximum Gasteiger partial charge on any atom is 0.0544 e. The zero-order valence-corrected chi connectivity index (χ0v) is 9.40. The lowest BCUT2D eigenvalue weighted by Gasteiger charge is -2.05. The van der Waals surface area contributed by atoms with Gasteiger partial charge in [0.1, 0.15) is 0 Å². The van der Waals surface area contributed by atoms with Crippen molar-refractivity contribution in [2.45, 2.75) is 61.0 Å². The quantitative estimate of drug-likeness (QED) is 0.612. The molecule has 0 aliphatic carbocycles. The van der Waals surface area contributed by atoms with Gasteiger partial charge < -0.3 is 4.74 Å². The first-order chi connectivity index (χ1) is 5.31. The minimum absolute atomic E-state index is 0.449. The molecule has 0 N–H and O–H groups in total. The van der Waals surface area contributed by atoms with Gasteiger partial charge in [0.15, 0.2) is 0 Å². The second-order valence-corrected chi connectivity index (χ2v) is 1.67. The van der Waals surface area contributed by atoms with Crippen molar-refractivity contribution in [3.63, 3.8) is 0 Å². The van der Waals surface area contributed by atoms with Crippen molar-refractivity contribution in [3.8, 4) is 0 Å². The normalized spacial score (nSPS) is 10.1. The van der Waals surface area contributed by atoms with Gasteiger partial charge in [-0.3, -0.25) is 0 Å². The van der Waals surface area contributed by atoms with Gasteiger partial charge in [-0.25, -0.2) is 0 Å². The van der Waals surface area contributed by atoms with Crippen LogP contribution < -0.4 is 0 Å². The van der Waals surface area contributed by atoms with Gasteiger partial charge >= 0.3 is 0 Å². The van der Waals surface area contributed by atoms with Gasteiger partial charge in [-0.05, 0) is 20.3 Å². The van der Waals surface area contributed by atoms with E-state index in [0.29, 0.717) is 6.10 Å². The molecule has 72 valence electrons. The Morgan fingerprint density at radius 2 is 1.36 bits per heavy atom. The molecule has 0 bridgehead atoms. The first kappa shape index (κ1) is 17.2. The summed E-state index contributed by atoms with van der Waals surface area (Å²) >= 11 is 0. The van der Waals surface area contributed by atoms with Gasteiger partial charge in [0.05, 0.1) is 6.10 Å². The second kappa shape index (κ2) is 22.5. The summed E-state index contributed by atoms with van der Waals surface area (Å²) in [5.41, 5.74) is 0. The van der Waals surface area contributed by atoms with E-state index in [1.807, 2.05) is 34.6 Å². The van der Waals surface area contributed by atoms with Crippen LogP contribution in [0.5, 0.6) is 0 Å². The highest BCUT2D eigenvalue weighted by molar-refractivity contribution is 4.40. The van der Waals surface area contributed by atoms with E-state index >= 15 is 0 Å². The fourth-order valence-corrected chi connectivity index (χ4v) is 0.402. The molecule has 0 heterocycles. The molecule has 0 rings (SSSR count). The van der Waals surface area contributed by atoms with E-state index in [1.165, 1.54) is 0 Å². The first-order valence-corrected chi connectivity index (χ1v) is 4.92. The number of ether oxygens (including phenoxy) is 1. The maximum atomic E-state index is 5.19. The standard InChI is InChI=1S/C6H14O.2C2H6/c1-4-6(3)7-5-2;2*1-2/h6H,4-5H2,1-3H3;2*1-2H3. The highest BCUT2D eigenvalue weighted by atomic mass is 16.5. The molecule has 1 atom stereocenters. The van der Waals surface area contributed by atoms with Crippen LogP contribution in [0.4, 0.5) is 0 Å². The molecule has 0 saturated heterocycles. The Bertz CT molecular complexity index is 35.9. The molecule has 0 aromatic carbocycles. The summed E-state index contributed by atoms with van der Waals surface area (Å²) in [5.74, 6) is 0. The van der Waals surface area contributed by atoms with Crippen molar-refractivity contribution in [2.24, 2.45) is 0 Å². The smallest absolute Gasteiger partial charge is 0.0544 e. The van der Waals surface area contributed by atoms with Crippen molar-refractivity contribution in [1.29, 1.82) is 0 Å². The zero-order valence-electron chi connectivity index (χ0n) is 9.40. The van der Waals surface area contributed by atoms with Crippen LogP contribution in [-0.2, 0) is 4.74 Å². The predicted molar refractivity (Wildman–Crippen MR) is 54.1 cm³/mol. The zero-order chi connectivity index (χ0) is 9.70. The summed E-state index contributed by atoms with van der Waals surface area (Å²) in [6.45, 7) is 15.1. The molecule has 1 unspecified atom stereocenters. The van der Waals surface area contributed by atoms with E-state index in [4.69, 9.17) is 4.74 Å². The number of hydrogen-bond acceptors (Lipinski definition) is 1. The molecule has 0 radical (unpaired) electrons.